The average Bonchev–Trinajstić information content (AvgIpc) is 3.28. The largest absolute Gasteiger partial charge is 0.497 e. The van der Waals surface area contributed by atoms with Crippen molar-refractivity contribution in [3.63, 3.8) is 0 Å². The number of aromatic nitrogens is 4. The van der Waals surface area contributed by atoms with Crippen LogP contribution in [0.5, 0.6) is 5.75 Å². The summed E-state index contributed by atoms with van der Waals surface area (Å²) in [7, 11) is 1.59. The van der Waals surface area contributed by atoms with Gasteiger partial charge in [0, 0.05) is 12.0 Å². The van der Waals surface area contributed by atoms with E-state index < -0.39 is 0 Å². The predicted molar refractivity (Wildman–Crippen MR) is 140 cm³/mol. The summed E-state index contributed by atoms with van der Waals surface area (Å²) in [6.07, 6.45) is 5.43. The van der Waals surface area contributed by atoms with E-state index in [1.54, 1.807) is 36.1 Å². The fraction of sp³-hybridized carbons (Fsp3) is 0.143. The van der Waals surface area contributed by atoms with Gasteiger partial charge >= 0.3 is 0 Å². The van der Waals surface area contributed by atoms with Gasteiger partial charge in [-0.25, -0.2) is 19.0 Å². The Morgan fingerprint density at radius 2 is 2.03 bits per heavy atom. The number of methoxy groups -OCH3 is 1. The minimum Gasteiger partial charge on any atom is -0.497 e. The van der Waals surface area contributed by atoms with Crippen LogP contribution in [0.4, 0.5) is 10.2 Å². The van der Waals surface area contributed by atoms with E-state index in [9.17, 15) is 9.18 Å². The molecule has 37 heavy (non-hydrogen) atoms. The van der Waals surface area contributed by atoms with Crippen LogP contribution in [0.15, 0.2) is 82.0 Å². The number of rotatable bonds is 5. The second-order valence-electron chi connectivity index (χ2n) is 8.71. The number of ether oxygens (including phenoxy) is 1. The molecule has 0 spiro atoms. The monoisotopic (exact) mass is 495 g/mol. The Bertz CT molecular complexity index is 1800. The van der Waals surface area contributed by atoms with Gasteiger partial charge in [-0.05, 0) is 42.3 Å². The lowest BCUT2D eigenvalue weighted by atomic mass is 9.96. The van der Waals surface area contributed by atoms with Gasteiger partial charge in [-0.2, -0.15) is 5.10 Å². The summed E-state index contributed by atoms with van der Waals surface area (Å²) in [4.78, 5) is 22.2. The van der Waals surface area contributed by atoms with Gasteiger partial charge in [0.05, 0.1) is 23.4 Å². The normalized spacial score (nSPS) is 13.6. The van der Waals surface area contributed by atoms with E-state index in [0.717, 1.165) is 5.56 Å². The van der Waals surface area contributed by atoms with Gasteiger partial charge in [-0.1, -0.05) is 30.3 Å². The van der Waals surface area contributed by atoms with Crippen molar-refractivity contribution in [1.82, 2.24) is 19.7 Å². The Balaban J connectivity index is 1.57. The lowest BCUT2D eigenvalue weighted by molar-refractivity contribution is 0.415. The van der Waals surface area contributed by atoms with E-state index in [1.807, 2.05) is 30.3 Å². The Morgan fingerprint density at radius 3 is 2.86 bits per heavy atom. The molecule has 0 aliphatic heterocycles. The van der Waals surface area contributed by atoms with Crippen molar-refractivity contribution in [2.75, 3.05) is 12.8 Å². The molecule has 2 aromatic carbocycles. The van der Waals surface area contributed by atoms with E-state index in [0.29, 0.717) is 63.2 Å². The standard InChI is InChI=1S/C28H22FN5O3/c1-36-19-9-5-7-17(13-19)25-24-27(30)31-15-32-28(24)34(33-25)14-22-23(16-6-4-8-18(29)12-16)26(35)20-10-2-3-11-21(20)37-22/h2-3,5-7,9-13,15H,4,8,14H2,1H3,(H2,30,31,32). The van der Waals surface area contributed by atoms with Crippen molar-refractivity contribution >= 4 is 33.4 Å². The number of hydrogen-bond acceptors (Lipinski definition) is 7. The number of nitrogens with zero attached hydrogens (tertiary/aromatic N) is 4. The van der Waals surface area contributed by atoms with Crippen LogP contribution < -0.4 is 15.9 Å². The number of fused-ring (bicyclic) bond motifs is 2. The van der Waals surface area contributed by atoms with Gasteiger partial charge < -0.3 is 14.9 Å². The molecule has 3 aromatic heterocycles. The summed E-state index contributed by atoms with van der Waals surface area (Å²) < 4.78 is 27.5. The van der Waals surface area contributed by atoms with Crippen LogP contribution in [0.3, 0.4) is 0 Å². The van der Waals surface area contributed by atoms with Crippen molar-refractivity contribution in [3.05, 3.63) is 94.4 Å². The number of halogens is 1. The highest BCUT2D eigenvalue weighted by Gasteiger charge is 2.23. The minimum atomic E-state index is -0.277. The zero-order valence-electron chi connectivity index (χ0n) is 19.9. The predicted octanol–water partition coefficient (Wildman–Crippen LogP) is 5.27. The summed E-state index contributed by atoms with van der Waals surface area (Å²) in [5.41, 5.74) is 9.09. The molecule has 184 valence electrons. The third-order valence-corrected chi connectivity index (χ3v) is 6.41. The number of hydrogen-bond donors (Lipinski definition) is 1. The first kappa shape index (κ1) is 22.7. The number of nitrogens with two attached hydrogens (primary N) is 1. The summed E-state index contributed by atoms with van der Waals surface area (Å²) in [6, 6.07) is 14.4. The number of allylic oxidation sites excluding steroid dienone is 4. The molecule has 3 heterocycles. The minimum absolute atomic E-state index is 0.0686. The smallest absolute Gasteiger partial charge is 0.200 e. The van der Waals surface area contributed by atoms with Gasteiger partial charge in [0.15, 0.2) is 5.65 Å². The first-order valence-corrected chi connectivity index (χ1v) is 11.8. The molecular weight excluding hydrogens is 473 g/mol. The molecular formula is C28H22FN5O3. The average molecular weight is 496 g/mol. The number of para-hydroxylation sites is 1. The molecule has 8 nitrogen and oxygen atoms in total. The molecule has 0 amide bonds. The first-order chi connectivity index (χ1) is 18.0. The lowest BCUT2D eigenvalue weighted by Gasteiger charge is -2.14. The fourth-order valence-electron chi connectivity index (χ4n) is 4.68. The molecule has 0 saturated heterocycles. The van der Waals surface area contributed by atoms with Gasteiger partial charge in [-0.15, -0.1) is 0 Å². The summed E-state index contributed by atoms with van der Waals surface area (Å²) in [6.45, 7) is 0.0686. The Hall–Kier alpha value is -4.79. The third-order valence-electron chi connectivity index (χ3n) is 6.41. The third kappa shape index (κ3) is 3.94. The first-order valence-electron chi connectivity index (χ1n) is 11.8. The molecule has 6 rings (SSSR count). The topological polar surface area (TPSA) is 109 Å². The Morgan fingerprint density at radius 1 is 1.16 bits per heavy atom. The fourth-order valence-corrected chi connectivity index (χ4v) is 4.68. The molecule has 9 heteroatoms. The number of benzene rings is 2. The second kappa shape index (κ2) is 9.02. The maximum absolute atomic E-state index is 14.3. The number of anilines is 1. The maximum Gasteiger partial charge on any atom is 0.200 e. The summed E-state index contributed by atoms with van der Waals surface area (Å²) in [5.74, 6) is 1.01. The zero-order valence-corrected chi connectivity index (χ0v) is 19.9. The summed E-state index contributed by atoms with van der Waals surface area (Å²) in [5, 5.41) is 5.81. The molecule has 0 unspecified atom stereocenters. The molecule has 0 atom stereocenters. The van der Waals surface area contributed by atoms with Crippen LogP contribution in [0.1, 0.15) is 24.2 Å². The van der Waals surface area contributed by atoms with E-state index in [2.05, 4.69) is 9.97 Å². The van der Waals surface area contributed by atoms with Crippen molar-refractivity contribution < 1.29 is 13.5 Å². The maximum atomic E-state index is 14.3. The molecule has 0 bridgehead atoms. The van der Waals surface area contributed by atoms with Gasteiger partial charge in [0.2, 0.25) is 5.43 Å². The van der Waals surface area contributed by atoms with E-state index in [1.165, 1.54) is 12.4 Å². The van der Waals surface area contributed by atoms with Crippen molar-refractivity contribution in [2.45, 2.75) is 19.4 Å². The summed E-state index contributed by atoms with van der Waals surface area (Å²) >= 11 is 0. The van der Waals surface area contributed by atoms with Crippen molar-refractivity contribution in [1.29, 1.82) is 0 Å². The van der Waals surface area contributed by atoms with E-state index in [4.69, 9.17) is 20.0 Å². The molecule has 2 N–H and O–H groups in total. The molecule has 0 fully saturated rings. The molecule has 5 aromatic rings. The number of nitrogen functional groups attached to an aromatic ring is 1. The highest BCUT2D eigenvalue weighted by Crippen LogP contribution is 2.33. The van der Waals surface area contributed by atoms with Crippen LogP contribution in [-0.2, 0) is 6.54 Å². The molecule has 1 aliphatic rings. The highest BCUT2D eigenvalue weighted by atomic mass is 19.1. The van der Waals surface area contributed by atoms with Crippen LogP contribution in [0.25, 0.3) is 38.8 Å². The van der Waals surface area contributed by atoms with Crippen LogP contribution in [0, 0.1) is 0 Å². The highest BCUT2D eigenvalue weighted by molar-refractivity contribution is 5.98. The van der Waals surface area contributed by atoms with Gasteiger partial charge in [-0.3, -0.25) is 4.79 Å². The Kier molecular flexibility index (Phi) is 5.52. The quantitative estimate of drug-likeness (QED) is 0.354. The van der Waals surface area contributed by atoms with Gasteiger partial charge in [0.1, 0.15) is 47.3 Å². The van der Waals surface area contributed by atoms with Crippen molar-refractivity contribution in [2.24, 2.45) is 0 Å². The van der Waals surface area contributed by atoms with E-state index in [-0.39, 0.29) is 23.6 Å². The van der Waals surface area contributed by atoms with Crippen LogP contribution >= 0.6 is 0 Å². The SMILES string of the molecule is COc1cccc(-c2nn(Cc3oc4ccccc4c(=O)c3C3=CCCC(F)=C3)c3ncnc(N)c23)c1. The second-order valence-corrected chi connectivity index (χ2v) is 8.71. The van der Waals surface area contributed by atoms with Crippen LogP contribution in [0.2, 0.25) is 0 Å². The zero-order chi connectivity index (χ0) is 25.5. The Labute approximate surface area is 210 Å². The van der Waals surface area contributed by atoms with E-state index >= 15 is 0 Å². The van der Waals surface area contributed by atoms with Crippen LogP contribution in [-0.4, -0.2) is 26.9 Å². The molecule has 0 saturated carbocycles. The molecule has 1 aliphatic carbocycles. The molecule has 0 radical (unpaired) electrons. The lowest BCUT2D eigenvalue weighted by Crippen LogP contribution is -2.15. The van der Waals surface area contributed by atoms with Gasteiger partial charge in [0.25, 0.3) is 0 Å². The van der Waals surface area contributed by atoms with Crippen molar-refractivity contribution in [3.8, 4) is 17.0 Å².